The van der Waals surface area contributed by atoms with Crippen LogP contribution in [-0.4, -0.2) is 9.38 Å². The summed E-state index contributed by atoms with van der Waals surface area (Å²) in [5, 5.41) is 10.0. The summed E-state index contributed by atoms with van der Waals surface area (Å²) in [4.78, 5) is 5.42. The minimum Gasteiger partial charge on any atom is -0.291 e. The summed E-state index contributed by atoms with van der Waals surface area (Å²) in [5.74, 6) is 0. The van der Waals surface area contributed by atoms with E-state index in [0.717, 1.165) is 22.4 Å². The third-order valence-electron chi connectivity index (χ3n) is 10.4. The fourth-order valence-electron chi connectivity index (χ4n) is 7.88. The average molecular weight is 653 g/mol. The van der Waals surface area contributed by atoms with Gasteiger partial charge in [-0.05, 0) is 79.0 Å². The third kappa shape index (κ3) is 4.11. The van der Waals surface area contributed by atoms with Crippen molar-refractivity contribution in [3.63, 3.8) is 0 Å². The monoisotopic (exact) mass is 652 g/mol. The molecule has 232 valence electrons. The molecule has 0 N–H and O–H groups in total. The van der Waals surface area contributed by atoms with E-state index in [2.05, 4.69) is 174 Å². The van der Waals surface area contributed by atoms with Gasteiger partial charge >= 0.3 is 0 Å². The maximum atomic E-state index is 5.42. The Kier molecular flexibility index (Phi) is 5.86. The number of hydrogen-bond donors (Lipinski definition) is 0. The third-order valence-corrected chi connectivity index (χ3v) is 11.5. The largest absolute Gasteiger partial charge is 0.291 e. The molecular formula is C47H28N2S. The van der Waals surface area contributed by atoms with Crippen molar-refractivity contribution in [1.82, 2.24) is 9.38 Å². The van der Waals surface area contributed by atoms with Crippen LogP contribution in [0.4, 0.5) is 0 Å². The summed E-state index contributed by atoms with van der Waals surface area (Å²) in [6.07, 6.45) is 0. The molecule has 50 heavy (non-hydrogen) atoms. The highest BCUT2D eigenvalue weighted by Crippen LogP contribution is 2.44. The summed E-state index contributed by atoms with van der Waals surface area (Å²) >= 11 is 1.85. The van der Waals surface area contributed by atoms with E-state index in [1.165, 1.54) is 80.3 Å². The zero-order valence-electron chi connectivity index (χ0n) is 27.0. The molecule has 3 heteroatoms. The summed E-state index contributed by atoms with van der Waals surface area (Å²) in [7, 11) is 0. The highest BCUT2D eigenvalue weighted by atomic mass is 32.1. The van der Waals surface area contributed by atoms with Crippen molar-refractivity contribution in [2.75, 3.05) is 0 Å². The molecular weight excluding hydrogens is 625 g/mol. The van der Waals surface area contributed by atoms with E-state index >= 15 is 0 Å². The van der Waals surface area contributed by atoms with E-state index < -0.39 is 0 Å². The topological polar surface area (TPSA) is 17.3 Å². The maximum Gasteiger partial charge on any atom is 0.156 e. The van der Waals surface area contributed by atoms with Crippen molar-refractivity contribution < 1.29 is 0 Å². The van der Waals surface area contributed by atoms with Gasteiger partial charge in [0.1, 0.15) is 0 Å². The fraction of sp³-hybridized carbons (Fsp3) is 0. The molecule has 3 aromatic heterocycles. The molecule has 0 aliphatic carbocycles. The molecule has 0 amide bonds. The molecule has 0 atom stereocenters. The number of imidazole rings is 1. The molecule has 8 aromatic carbocycles. The molecule has 11 rings (SSSR count). The number of benzene rings is 8. The lowest BCUT2D eigenvalue weighted by molar-refractivity contribution is 1.25. The van der Waals surface area contributed by atoms with Crippen LogP contribution in [0.3, 0.4) is 0 Å². The molecule has 11 aromatic rings. The average Bonchev–Trinajstić information content (AvgIpc) is 3.77. The van der Waals surface area contributed by atoms with Crippen LogP contribution in [0.25, 0.3) is 103 Å². The Balaban J connectivity index is 1.09. The number of nitrogens with zero attached hydrogens (tertiary/aromatic N) is 2. The predicted octanol–water partition coefficient (Wildman–Crippen LogP) is 13.3. The zero-order valence-corrected chi connectivity index (χ0v) is 27.8. The molecule has 0 saturated heterocycles. The molecule has 0 radical (unpaired) electrons. The standard InChI is InChI=1S/C47H28N2S/c1-2-10-36-27-37(22-19-29(36)7-1)32-15-13-30(14-16-32)31-17-20-35(21-18-31)42-28-40-44-38-11-5-3-8-33(38)24-26-43(44)50-46(40)47-48-45-39-12-6-4-9-34(39)23-25-41(45)49(42)47/h1-28H. The van der Waals surface area contributed by atoms with Gasteiger partial charge < -0.3 is 0 Å². The quantitative estimate of drug-likeness (QED) is 0.186. The van der Waals surface area contributed by atoms with Crippen molar-refractivity contribution in [3.05, 3.63) is 170 Å². The van der Waals surface area contributed by atoms with Gasteiger partial charge in [0.2, 0.25) is 0 Å². The normalized spacial score (nSPS) is 12.0. The lowest BCUT2D eigenvalue weighted by Gasteiger charge is -2.11. The Bertz CT molecular complexity index is 3130. The molecule has 0 saturated carbocycles. The zero-order chi connectivity index (χ0) is 32.8. The minimum atomic E-state index is 1.02. The number of aromatic nitrogens is 2. The van der Waals surface area contributed by atoms with Gasteiger partial charge in [0.15, 0.2) is 5.65 Å². The summed E-state index contributed by atoms with van der Waals surface area (Å²) < 4.78 is 4.90. The molecule has 0 bridgehead atoms. The first-order valence-electron chi connectivity index (χ1n) is 17.0. The van der Waals surface area contributed by atoms with E-state index in [9.17, 15) is 0 Å². The molecule has 3 heterocycles. The number of pyridine rings is 1. The first kappa shape index (κ1) is 27.6. The number of hydrogen-bond acceptors (Lipinski definition) is 2. The van der Waals surface area contributed by atoms with E-state index in [1.807, 2.05) is 11.3 Å². The Morgan fingerprint density at radius 2 is 0.980 bits per heavy atom. The lowest BCUT2D eigenvalue weighted by atomic mass is 9.97. The number of thiophene rings is 1. The van der Waals surface area contributed by atoms with Crippen molar-refractivity contribution in [2.24, 2.45) is 0 Å². The van der Waals surface area contributed by atoms with E-state index in [0.29, 0.717) is 0 Å². The van der Waals surface area contributed by atoms with Gasteiger partial charge in [0.25, 0.3) is 0 Å². The number of rotatable bonds is 3. The second-order valence-electron chi connectivity index (χ2n) is 13.2. The molecule has 0 unspecified atom stereocenters. The Hall–Kier alpha value is -6.29. The minimum absolute atomic E-state index is 1.02. The van der Waals surface area contributed by atoms with Crippen molar-refractivity contribution in [3.8, 4) is 33.5 Å². The van der Waals surface area contributed by atoms with Crippen LogP contribution in [0, 0.1) is 0 Å². The predicted molar refractivity (Wildman–Crippen MR) is 214 cm³/mol. The Labute approximate surface area is 292 Å². The van der Waals surface area contributed by atoms with Gasteiger partial charge in [-0.2, -0.15) is 0 Å². The van der Waals surface area contributed by atoms with Gasteiger partial charge in [0, 0.05) is 20.9 Å². The molecule has 0 fully saturated rings. The molecule has 0 spiro atoms. The number of fused-ring (bicyclic) bond motifs is 12. The van der Waals surface area contributed by atoms with Gasteiger partial charge in [-0.15, -0.1) is 11.3 Å². The SMILES string of the molecule is c1ccc2cc(-c3ccc(-c4ccc(-c5cc6c(sc7ccc8ccccc8c76)c6nc7c8ccccc8ccc7n56)cc4)cc3)ccc2c1. The van der Waals surface area contributed by atoms with Crippen LogP contribution in [-0.2, 0) is 0 Å². The first-order chi connectivity index (χ1) is 24.8. The van der Waals surface area contributed by atoms with Gasteiger partial charge in [-0.25, -0.2) is 4.98 Å². The van der Waals surface area contributed by atoms with Crippen LogP contribution in [0.5, 0.6) is 0 Å². The van der Waals surface area contributed by atoms with Gasteiger partial charge in [-0.3, -0.25) is 4.40 Å². The van der Waals surface area contributed by atoms with Gasteiger partial charge in [0.05, 0.1) is 21.4 Å². The molecule has 0 aliphatic heterocycles. The van der Waals surface area contributed by atoms with Gasteiger partial charge in [-0.1, -0.05) is 146 Å². The lowest BCUT2D eigenvalue weighted by Crippen LogP contribution is -1.93. The Morgan fingerprint density at radius 3 is 1.74 bits per heavy atom. The Morgan fingerprint density at radius 1 is 0.420 bits per heavy atom. The summed E-state index contributed by atoms with van der Waals surface area (Å²) in [6.45, 7) is 0. The smallest absolute Gasteiger partial charge is 0.156 e. The second-order valence-corrected chi connectivity index (χ2v) is 14.2. The van der Waals surface area contributed by atoms with E-state index in [1.54, 1.807) is 0 Å². The summed E-state index contributed by atoms with van der Waals surface area (Å²) in [5.41, 5.74) is 10.4. The maximum absolute atomic E-state index is 5.42. The van der Waals surface area contributed by atoms with Crippen LogP contribution < -0.4 is 0 Å². The highest BCUT2D eigenvalue weighted by molar-refractivity contribution is 7.26. The first-order valence-corrected chi connectivity index (χ1v) is 17.9. The van der Waals surface area contributed by atoms with E-state index in [-0.39, 0.29) is 0 Å². The van der Waals surface area contributed by atoms with Crippen molar-refractivity contribution >= 4 is 80.5 Å². The van der Waals surface area contributed by atoms with Crippen LogP contribution in [0.2, 0.25) is 0 Å². The van der Waals surface area contributed by atoms with Crippen LogP contribution >= 0.6 is 11.3 Å². The second kappa shape index (κ2) is 10.6. The summed E-state index contributed by atoms with van der Waals surface area (Å²) in [6, 6.07) is 61.9. The van der Waals surface area contributed by atoms with Crippen LogP contribution in [0.1, 0.15) is 0 Å². The van der Waals surface area contributed by atoms with Crippen molar-refractivity contribution in [2.45, 2.75) is 0 Å². The fourth-order valence-corrected chi connectivity index (χ4v) is 9.05. The highest BCUT2D eigenvalue weighted by Gasteiger charge is 2.20. The van der Waals surface area contributed by atoms with Crippen molar-refractivity contribution in [1.29, 1.82) is 0 Å². The molecule has 0 aliphatic rings. The van der Waals surface area contributed by atoms with E-state index in [4.69, 9.17) is 4.98 Å². The van der Waals surface area contributed by atoms with Crippen LogP contribution in [0.15, 0.2) is 170 Å². The molecule has 2 nitrogen and oxygen atoms in total.